The number of aromatic nitrogens is 1. The Balaban J connectivity index is 1.35. The summed E-state index contributed by atoms with van der Waals surface area (Å²) in [5.41, 5.74) is 8.09. The normalized spacial score (nSPS) is 11.2. The highest BCUT2D eigenvalue weighted by atomic mass is 32.2. The highest BCUT2D eigenvalue weighted by molar-refractivity contribution is 7.87. The first-order chi connectivity index (χ1) is 16.2. The Morgan fingerprint density at radius 2 is 1.68 bits per heavy atom. The van der Waals surface area contributed by atoms with Gasteiger partial charge in [0.15, 0.2) is 0 Å². The van der Waals surface area contributed by atoms with Crippen LogP contribution >= 0.6 is 0 Å². The van der Waals surface area contributed by atoms with Gasteiger partial charge in [0.2, 0.25) is 5.91 Å². The smallest absolute Gasteiger partial charge is 0.339 e. The molecule has 0 saturated heterocycles. The molecule has 4 rings (SSSR count). The number of rotatable bonds is 6. The van der Waals surface area contributed by atoms with E-state index < -0.39 is 16.0 Å². The molecule has 0 radical (unpaired) electrons. The number of benzene rings is 3. The lowest BCUT2D eigenvalue weighted by atomic mass is 10.1. The summed E-state index contributed by atoms with van der Waals surface area (Å²) in [6, 6.07) is 18.3. The molecule has 0 spiro atoms. The number of nitrogens with one attached hydrogen (secondary N) is 3. The second-order valence-electron chi connectivity index (χ2n) is 7.87. The quantitative estimate of drug-likeness (QED) is 0.290. The first kappa shape index (κ1) is 23.1. The Morgan fingerprint density at radius 1 is 0.941 bits per heavy atom. The van der Waals surface area contributed by atoms with Gasteiger partial charge in [0, 0.05) is 22.7 Å². The van der Waals surface area contributed by atoms with Gasteiger partial charge >= 0.3 is 10.1 Å². The van der Waals surface area contributed by atoms with Gasteiger partial charge in [0.25, 0.3) is 5.91 Å². The van der Waals surface area contributed by atoms with Crippen molar-refractivity contribution in [2.75, 3.05) is 0 Å². The van der Waals surface area contributed by atoms with Gasteiger partial charge in [-0.25, -0.2) is 0 Å². The molecule has 1 aromatic heterocycles. The number of aromatic amines is 1. The van der Waals surface area contributed by atoms with Crippen LogP contribution in [0.2, 0.25) is 0 Å². The molecule has 34 heavy (non-hydrogen) atoms. The van der Waals surface area contributed by atoms with Gasteiger partial charge in [0.1, 0.15) is 10.6 Å². The third-order valence-electron chi connectivity index (χ3n) is 5.28. The van der Waals surface area contributed by atoms with E-state index in [9.17, 15) is 18.0 Å². The van der Waals surface area contributed by atoms with Gasteiger partial charge in [-0.1, -0.05) is 30.3 Å². The van der Waals surface area contributed by atoms with E-state index in [2.05, 4.69) is 15.8 Å². The Kier molecular flexibility index (Phi) is 6.38. The molecule has 8 nitrogen and oxygen atoms in total. The Morgan fingerprint density at radius 3 is 2.44 bits per heavy atom. The number of hydrogen-bond acceptors (Lipinski definition) is 5. The molecule has 0 aliphatic heterocycles. The molecular formula is C25H23N3O5S. The Hall–Kier alpha value is -4.11. The molecule has 0 unspecified atom stereocenters. The van der Waals surface area contributed by atoms with Crippen LogP contribution in [-0.2, 0) is 21.3 Å². The Labute approximate surface area is 197 Å². The van der Waals surface area contributed by atoms with E-state index in [4.69, 9.17) is 4.18 Å². The molecule has 0 atom stereocenters. The van der Waals surface area contributed by atoms with Crippen molar-refractivity contribution in [1.82, 2.24) is 15.8 Å². The highest BCUT2D eigenvalue weighted by Crippen LogP contribution is 2.23. The monoisotopic (exact) mass is 477 g/mol. The standard InChI is InChI=1S/C25H23N3O5S/c1-16-7-8-17(2)23(13-16)34(31,32)33-20-11-9-18(10-12-20)25(30)28-27-24(29)14-19-15-26-22-6-4-3-5-21(19)22/h3-13,15,26H,14H2,1-2H3,(H,27,29)(H,28,30). The fourth-order valence-electron chi connectivity index (χ4n) is 3.50. The van der Waals surface area contributed by atoms with Crippen molar-refractivity contribution >= 4 is 32.8 Å². The summed E-state index contributed by atoms with van der Waals surface area (Å²) in [7, 11) is -4.02. The largest absolute Gasteiger partial charge is 0.379 e. The van der Waals surface area contributed by atoms with E-state index >= 15 is 0 Å². The van der Waals surface area contributed by atoms with Crippen molar-refractivity contribution in [2.45, 2.75) is 25.2 Å². The third kappa shape index (κ3) is 5.10. The van der Waals surface area contributed by atoms with Gasteiger partial charge in [-0.3, -0.25) is 20.4 Å². The number of para-hydroxylation sites is 1. The lowest BCUT2D eigenvalue weighted by Gasteiger charge is -2.11. The van der Waals surface area contributed by atoms with Crippen LogP contribution in [0, 0.1) is 13.8 Å². The molecule has 0 saturated carbocycles. The maximum Gasteiger partial charge on any atom is 0.339 e. The summed E-state index contributed by atoms with van der Waals surface area (Å²) in [5.74, 6) is -0.852. The zero-order valence-electron chi connectivity index (χ0n) is 18.6. The summed E-state index contributed by atoms with van der Waals surface area (Å²) < 4.78 is 30.5. The van der Waals surface area contributed by atoms with Gasteiger partial charge in [-0.05, 0) is 66.9 Å². The van der Waals surface area contributed by atoms with E-state index in [1.54, 1.807) is 32.2 Å². The van der Waals surface area contributed by atoms with Crippen molar-refractivity contribution in [3.05, 3.63) is 95.2 Å². The highest BCUT2D eigenvalue weighted by Gasteiger charge is 2.20. The number of aryl methyl sites for hydroxylation is 2. The van der Waals surface area contributed by atoms with E-state index in [1.807, 2.05) is 30.3 Å². The van der Waals surface area contributed by atoms with Crippen LogP contribution in [0.25, 0.3) is 10.9 Å². The maximum atomic E-state index is 12.6. The average molecular weight is 478 g/mol. The van der Waals surface area contributed by atoms with Crippen LogP contribution in [0.1, 0.15) is 27.0 Å². The zero-order chi connectivity index (χ0) is 24.3. The molecular weight excluding hydrogens is 454 g/mol. The lowest BCUT2D eigenvalue weighted by molar-refractivity contribution is -0.121. The van der Waals surface area contributed by atoms with Crippen LogP contribution in [0.3, 0.4) is 0 Å². The number of carbonyl (C=O) groups is 2. The maximum absolute atomic E-state index is 12.6. The SMILES string of the molecule is Cc1ccc(C)c(S(=O)(=O)Oc2ccc(C(=O)NNC(=O)Cc3c[nH]c4ccccc34)cc2)c1. The first-order valence-corrected chi connectivity index (χ1v) is 11.9. The predicted octanol–water partition coefficient (Wildman–Crippen LogP) is 3.56. The molecule has 0 fully saturated rings. The third-order valence-corrected chi connectivity index (χ3v) is 6.67. The fraction of sp³-hybridized carbons (Fsp3) is 0.120. The zero-order valence-corrected chi connectivity index (χ0v) is 19.4. The van der Waals surface area contributed by atoms with Gasteiger partial charge in [-0.2, -0.15) is 8.42 Å². The number of H-pyrrole nitrogens is 1. The second kappa shape index (κ2) is 9.40. The van der Waals surface area contributed by atoms with Gasteiger partial charge in [-0.15, -0.1) is 0 Å². The van der Waals surface area contributed by atoms with Crippen LogP contribution in [-0.4, -0.2) is 25.2 Å². The summed E-state index contributed by atoms with van der Waals surface area (Å²) in [6.45, 7) is 3.49. The van der Waals surface area contributed by atoms with Crippen LogP contribution in [0.15, 0.2) is 77.8 Å². The number of fused-ring (bicyclic) bond motifs is 1. The molecule has 0 aliphatic rings. The van der Waals surface area contributed by atoms with E-state index in [0.717, 1.165) is 22.0 Å². The number of amides is 2. The molecule has 2 amide bonds. The van der Waals surface area contributed by atoms with Gasteiger partial charge in [0.05, 0.1) is 6.42 Å². The molecule has 9 heteroatoms. The molecule has 1 heterocycles. The number of hydrogen-bond donors (Lipinski definition) is 3. The fourth-order valence-corrected chi connectivity index (χ4v) is 4.75. The van der Waals surface area contributed by atoms with Crippen molar-refractivity contribution in [1.29, 1.82) is 0 Å². The van der Waals surface area contributed by atoms with E-state index in [0.29, 0.717) is 5.56 Å². The molecule has 4 aromatic rings. The van der Waals surface area contributed by atoms with Crippen molar-refractivity contribution in [3.63, 3.8) is 0 Å². The minimum Gasteiger partial charge on any atom is -0.379 e. The molecule has 3 aromatic carbocycles. The first-order valence-electron chi connectivity index (χ1n) is 10.5. The summed E-state index contributed by atoms with van der Waals surface area (Å²) in [4.78, 5) is 27.8. The lowest BCUT2D eigenvalue weighted by Crippen LogP contribution is -2.42. The number of carbonyl (C=O) groups excluding carboxylic acids is 2. The molecule has 174 valence electrons. The van der Waals surface area contributed by atoms with Crippen LogP contribution < -0.4 is 15.0 Å². The van der Waals surface area contributed by atoms with Crippen molar-refractivity contribution in [3.8, 4) is 5.75 Å². The van der Waals surface area contributed by atoms with Crippen LogP contribution in [0.5, 0.6) is 5.75 Å². The Bertz CT molecular complexity index is 1470. The molecule has 0 bridgehead atoms. The van der Waals surface area contributed by atoms with Crippen LogP contribution in [0.4, 0.5) is 0 Å². The topological polar surface area (TPSA) is 117 Å². The second-order valence-corrected chi connectivity index (χ2v) is 9.38. The van der Waals surface area contributed by atoms with E-state index in [1.165, 1.54) is 24.3 Å². The van der Waals surface area contributed by atoms with Crippen molar-refractivity contribution < 1.29 is 22.2 Å². The predicted molar refractivity (Wildman–Crippen MR) is 128 cm³/mol. The molecule has 3 N–H and O–H groups in total. The average Bonchev–Trinajstić information content (AvgIpc) is 3.22. The van der Waals surface area contributed by atoms with Gasteiger partial charge < -0.3 is 9.17 Å². The summed E-state index contributed by atoms with van der Waals surface area (Å²) >= 11 is 0. The minimum absolute atomic E-state index is 0.0702. The summed E-state index contributed by atoms with van der Waals surface area (Å²) in [5, 5.41) is 0.940. The summed E-state index contributed by atoms with van der Waals surface area (Å²) in [6.07, 6.45) is 1.85. The van der Waals surface area contributed by atoms with E-state index in [-0.39, 0.29) is 28.5 Å². The minimum atomic E-state index is -4.02. The molecule has 0 aliphatic carbocycles. The van der Waals surface area contributed by atoms with Crippen molar-refractivity contribution in [2.24, 2.45) is 0 Å². The number of hydrazine groups is 1.